The lowest BCUT2D eigenvalue weighted by molar-refractivity contribution is 0.318. The maximum absolute atomic E-state index is 5.96. The Bertz CT molecular complexity index is 1250. The first-order valence-electron chi connectivity index (χ1n) is 10.7. The van der Waals surface area contributed by atoms with Gasteiger partial charge in [-0.05, 0) is 73.8 Å². The van der Waals surface area contributed by atoms with Crippen LogP contribution >= 0.6 is 35.6 Å². The normalized spacial score (nSPS) is 13.5. The van der Waals surface area contributed by atoms with Gasteiger partial charge in [-0.15, -0.1) is 24.0 Å². The average molecular weight is 555 g/mol. The Morgan fingerprint density at radius 3 is 2.38 bits per heavy atom. The second kappa shape index (κ2) is 10.5. The summed E-state index contributed by atoms with van der Waals surface area (Å²) in [5.41, 5.74) is 5.01. The van der Waals surface area contributed by atoms with E-state index in [9.17, 15) is 0 Å². The number of benzene rings is 2. The summed E-state index contributed by atoms with van der Waals surface area (Å²) in [6.45, 7) is 4.43. The third kappa shape index (κ3) is 5.32. The van der Waals surface area contributed by atoms with Crippen molar-refractivity contribution in [1.82, 2.24) is 19.7 Å². The van der Waals surface area contributed by atoms with E-state index in [0.29, 0.717) is 0 Å². The standard InChI is InChI=1S/C26H23ClN4.HI/c27-24-8-5-21(6-9-24)22-7-11-25(28-18-22)10-3-20-4-12-26-23(17-20)19-29-31(26)16-15-30-13-1-2-14-30;/h4-9,11-12,17-19H,1-2,13-16H2;1H. The summed E-state index contributed by atoms with van der Waals surface area (Å²) in [5.74, 6) is 6.40. The third-order valence-corrected chi connectivity index (χ3v) is 6.00. The van der Waals surface area contributed by atoms with Crippen molar-refractivity contribution in [3.8, 4) is 23.0 Å². The van der Waals surface area contributed by atoms with Crippen molar-refractivity contribution < 1.29 is 0 Å². The lowest BCUT2D eigenvalue weighted by Gasteiger charge is -2.14. The van der Waals surface area contributed by atoms with Crippen LogP contribution in [0.25, 0.3) is 22.0 Å². The van der Waals surface area contributed by atoms with E-state index in [1.807, 2.05) is 48.8 Å². The van der Waals surface area contributed by atoms with Crippen molar-refractivity contribution in [2.45, 2.75) is 19.4 Å². The van der Waals surface area contributed by atoms with E-state index in [1.54, 1.807) is 0 Å². The smallest absolute Gasteiger partial charge is 0.113 e. The van der Waals surface area contributed by atoms with Gasteiger partial charge in [-0.1, -0.05) is 35.7 Å². The molecule has 1 aliphatic rings. The second-order valence-corrected chi connectivity index (χ2v) is 8.32. The highest BCUT2D eigenvalue weighted by molar-refractivity contribution is 14.0. The van der Waals surface area contributed by atoms with Gasteiger partial charge in [0.25, 0.3) is 0 Å². The Morgan fingerprint density at radius 2 is 1.62 bits per heavy atom. The van der Waals surface area contributed by atoms with E-state index in [4.69, 9.17) is 11.6 Å². The average Bonchev–Trinajstić information content (AvgIpc) is 3.47. The molecule has 4 aromatic rings. The molecule has 0 aliphatic carbocycles. The molecule has 6 heteroatoms. The zero-order valence-electron chi connectivity index (χ0n) is 17.7. The summed E-state index contributed by atoms with van der Waals surface area (Å²) in [6.07, 6.45) is 6.42. The Labute approximate surface area is 210 Å². The predicted octanol–water partition coefficient (Wildman–Crippen LogP) is 5.87. The minimum absolute atomic E-state index is 0. The molecule has 2 aromatic heterocycles. The van der Waals surface area contributed by atoms with Gasteiger partial charge in [-0.25, -0.2) is 4.98 Å². The van der Waals surface area contributed by atoms with Crippen LogP contribution in [0, 0.1) is 11.8 Å². The van der Waals surface area contributed by atoms with Crippen LogP contribution in [0.3, 0.4) is 0 Å². The maximum atomic E-state index is 5.96. The molecule has 5 rings (SSSR count). The van der Waals surface area contributed by atoms with Crippen molar-refractivity contribution in [1.29, 1.82) is 0 Å². The Hall–Kier alpha value is -2.40. The lowest BCUT2D eigenvalue weighted by atomic mass is 10.1. The number of fused-ring (bicyclic) bond motifs is 1. The number of likely N-dealkylation sites (tertiary alicyclic amines) is 1. The van der Waals surface area contributed by atoms with Crippen molar-refractivity contribution in [2.24, 2.45) is 0 Å². The number of hydrogen-bond acceptors (Lipinski definition) is 3. The van der Waals surface area contributed by atoms with Crippen LogP contribution in [0.2, 0.25) is 5.02 Å². The largest absolute Gasteiger partial charge is 0.301 e. The van der Waals surface area contributed by atoms with E-state index in [0.717, 1.165) is 51.4 Å². The highest BCUT2D eigenvalue weighted by Gasteiger charge is 2.12. The van der Waals surface area contributed by atoms with E-state index in [2.05, 4.69) is 49.7 Å². The minimum atomic E-state index is 0. The molecule has 0 radical (unpaired) electrons. The molecule has 1 saturated heterocycles. The summed E-state index contributed by atoms with van der Waals surface area (Å²) in [5, 5.41) is 6.44. The van der Waals surface area contributed by atoms with Crippen LogP contribution < -0.4 is 0 Å². The molecule has 1 fully saturated rings. The molecule has 162 valence electrons. The van der Waals surface area contributed by atoms with Crippen molar-refractivity contribution in [3.63, 3.8) is 0 Å². The van der Waals surface area contributed by atoms with Crippen LogP contribution in [0.4, 0.5) is 0 Å². The van der Waals surface area contributed by atoms with Crippen LogP contribution in [0.15, 0.2) is 67.0 Å². The van der Waals surface area contributed by atoms with Crippen LogP contribution in [-0.2, 0) is 6.54 Å². The molecule has 0 N–H and O–H groups in total. The van der Waals surface area contributed by atoms with E-state index in [1.165, 1.54) is 25.9 Å². The van der Waals surface area contributed by atoms with Crippen molar-refractivity contribution >= 4 is 46.5 Å². The molecular formula is C26H24ClIN4. The first-order chi connectivity index (χ1) is 15.2. The molecular weight excluding hydrogens is 531 g/mol. The lowest BCUT2D eigenvalue weighted by Crippen LogP contribution is -2.24. The summed E-state index contributed by atoms with van der Waals surface area (Å²) < 4.78 is 2.10. The predicted molar refractivity (Wildman–Crippen MR) is 141 cm³/mol. The molecule has 0 atom stereocenters. The first kappa shape index (κ1) is 22.8. The monoisotopic (exact) mass is 554 g/mol. The zero-order valence-corrected chi connectivity index (χ0v) is 20.8. The number of rotatable bonds is 4. The van der Waals surface area contributed by atoms with Gasteiger partial charge in [0.1, 0.15) is 5.69 Å². The summed E-state index contributed by atoms with van der Waals surface area (Å²) in [4.78, 5) is 7.01. The molecule has 0 unspecified atom stereocenters. The fraction of sp³-hybridized carbons (Fsp3) is 0.231. The molecule has 1 aliphatic heterocycles. The van der Waals surface area contributed by atoms with Gasteiger partial charge < -0.3 is 4.90 Å². The maximum Gasteiger partial charge on any atom is 0.113 e. The number of nitrogens with zero attached hydrogens (tertiary/aromatic N) is 4. The fourth-order valence-corrected chi connectivity index (χ4v) is 4.13. The first-order valence-corrected chi connectivity index (χ1v) is 11.0. The highest BCUT2D eigenvalue weighted by Crippen LogP contribution is 2.21. The molecule has 4 nitrogen and oxygen atoms in total. The number of aromatic nitrogens is 3. The van der Waals surface area contributed by atoms with Gasteiger partial charge >= 0.3 is 0 Å². The molecule has 32 heavy (non-hydrogen) atoms. The van der Waals surface area contributed by atoms with E-state index in [-0.39, 0.29) is 24.0 Å². The fourth-order valence-electron chi connectivity index (χ4n) is 4.00. The summed E-state index contributed by atoms with van der Waals surface area (Å²) >= 11 is 5.96. The highest BCUT2D eigenvalue weighted by atomic mass is 127. The van der Waals surface area contributed by atoms with Crippen LogP contribution in [-0.4, -0.2) is 39.3 Å². The van der Waals surface area contributed by atoms with E-state index >= 15 is 0 Å². The van der Waals surface area contributed by atoms with Gasteiger partial charge in [0, 0.05) is 34.3 Å². The molecule has 0 bridgehead atoms. The van der Waals surface area contributed by atoms with Crippen LogP contribution in [0.5, 0.6) is 0 Å². The molecule has 0 spiro atoms. The quantitative estimate of drug-likeness (QED) is 0.234. The Balaban J connectivity index is 0.00000245. The van der Waals surface area contributed by atoms with Gasteiger partial charge in [0.05, 0.1) is 18.3 Å². The Kier molecular flexibility index (Phi) is 7.46. The van der Waals surface area contributed by atoms with Gasteiger partial charge in [0.15, 0.2) is 0 Å². The van der Waals surface area contributed by atoms with Crippen molar-refractivity contribution in [2.75, 3.05) is 19.6 Å². The number of pyridine rings is 1. The third-order valence-electron chi connectivity index (χ3n) is 5.74. The SMILES string of the molecule is Clc1ccc(-c2ccc(C#Cc3ccc4c(cnn4CCN4CCCC4)c3)nc2)cc1.I. The molecule has 3 heterocycles. The van der Waals surface area contributed by atoms with E-state index < -0.39 is 0 Å². The van der Waals surface area contributed by atoms with Gasteiger partial charge in [-0.3, -0.25) is 4.68 Å². The summed E-state index contributed by atoms with van der Waals surface area (Å²) in [6, 6.07) is 18.0. The van der Waals surface area contributed by atoms with Gasteiger partial charge in [0.2, 0.25) is 0 Å². The van der Waals surface area contributed by atoms with Crippen LogP contribution in [0.1, 0.15) is 24.1 Å². The molecule has 0 saturated carbocycles. The summed E-state index contributed by atoms with van der Waals surface area (Å²) in [7, 11) is 0. The van der Waals surface area contributed by atoms with Crippen molar-refractivity contribution in [3.05, 3.63) is 83.3 Å². The molecule has 2 aromatic carbocycles. The topological polar surface area (TPSA) is 34.0 Å². The second-order valence-electron chi connectivity index (χ2n) is 7.88. The number of halogens is 2. The number of hydrogen-bond donors (Lipinski definition) is 0. The Morgan fingerprint density at radius 1 is 0.844 bits per heavy atom. The molecule has 0 amide bonds. The zero-order chi connectivity index (χ0) is 21.0. The van der Waals surface area contributed by atoms with Gasteiger partial charge in [-0.2, -0.15) is 5.10 Å². The minimum Gasteiger partial charge on any atom is -0.301 e.